The molecule has 7 heteroatoms. The summed E-state index contributed by atoms with van der Waals surface area (Å²) in [5, 5.41) is 5.90. The van der Waals surface area contributed by atoms with Crippen molar-refractivity contribution in [1.82, 2.24) is 5.32 Å². The SMILES string of the molecule is CCCCOc1cccc(NC(=S)NC(=O)c2ccc(OCCOCC)cc2)c1. The number of anilines is 1. The molecule has 0 bridgehead atoms. The van der Waals surface area contributed by atoms with E-state index in [1.165, 1.54) is 0 Å². The summed E-state index contributed by atoms with van der Waals surface area (Å²) in [5.41, 5.74) is 1.24. The van der Waals surface area contributed by atoms with Gasteiger partial charge in [0, 0.05) is 23.9 Å². The molecular formula is C22H28N2O4S. The van der Waals surface area contributed by atoms with Crippen LogP contribution in [0.4, 0.5) is 5.69 Å². The molecule has 0 spiro atoms. The Morgan fingerprint density at radius 2 is 1.72 bits per heavy atom. The van der Waals surface area contributed by atoms with Crippen molar-refractivity contribution in [2.75, 3.05) is 31.7 Å². The molecule has 1 amide bonds. The number of benzene rings is 2. The second kappa shape index (κ2) is 12.7. The molecule has 0 fully saturated rings. The molecule has 29 heavy (non-hydrogen) atoms. The van der Waals surface area contributed by atoms with Crippen molar-refractivity contribution in [3.63, 3.8) is 0 Å². The number of thiocarbonyl (C=S) groups is 1. The molecule has 2 aromatic rings. The summed E-state index contributed by atoms with van der Waals surface area (Å²) in [7, 11) is 0. The van der Waals surface area contributed by atoms with E-state index in [4.69, 9.17) is 26.4 Å². The quantitative estimate of drug-likeness (QED) is 0.418. The Balaban J connectivity index is 1.82. The third kappa shape index (κ3) is 8.50. The average Bonchev–Trinajstić information content (AvgIpc) is 2.72. The van der Waals surface area contributed by atoms with Crippen molar-refractivity contribution in [3.8, 4) is 11.5 Å². The third-order valence-electron chi connectivity index (χ3n) is 3.90. The Hall–Kier alpha value is -2.64. The molecule has 6 nitrogen and oxygen atoms in total. The van der Waals surface area contributed by atoms with E-state index in [-0.39, 0.29) is 11.0 Å². The zero-order chi connectivity index (χ0) is 20.9. The van der Waals surface area contributed by atoms with Gasteiger partial charge in [-0.2, -0.15) is 0 Å². The summed E-state index contributed by atoms with van der Waals surface area (Å²) in [6, 6.07) is 14.3. The van der Waals surface area contributed by atoms with Gasteiger partial charge in [-0.05, 0) is 62.0 Å². The molecule has 0 radical (unpaired) electrons. The van der Waals surface area contributed by atoms with E-state index in [2.05, 4.69) is 17.6 Å². The summed E-state index contributed by atoms with van der Waals surface area (Å²) in [6.07, 6.45) is 2.08. The highest BCUT2D eigenvalue weighted by atomic mass is 32.1. The van der Waals surface area contributed by atoms with Crippen molar-refractivity contribution in [2.24, 2.45) is 0 Å². The number of ether oxygens (including phenoxy) is 3. The van der Waals surface area contributed by atoms with Crippen molar-refractivity contribution >= 4 is 28.9 Å². The largest absolute Gasteiger partial charge is 0.494 e. The molecule has 0 saturated carbocycles. The summed E-state index contributed by atoms with van der Waals surface area (Å²) in [5.74, 6) is 1.15. The van der Waals surface area contributed by atoms with Crippen LogP contribution in [0.1, 0.15) is 37.0 Å². The summed E-state index contributed by atoms with van der Waals surface area (Å²) >= 11 is 5.25. The minimum absolute atomic E-state index is 0.220. The Kier molecular flexibility index (Phi) is 9.95. The lowest BCUT2D eigenvalue weighted by molar-refractivity contribution is 0.0977. The van der Waals surface area contributed by atoms with Crippen LogP contribution in [-0.4, -0.2) is 37.4 Å². The van der Waals surface area contributed by atoms with Gasteiger partial charge in [0.05, 0.1) is 13.2 Å². The van der Waals surface area contributed by atoms with Crippen LogP contribution < -0.4 is 20.1 Å². The molecule has 0 unspecified atom stereocenters. The molecule has 0 atom stereocenters. The lowest BCUT2D eigenvalue weighted by Crippen LogP contribution is -2.34. The van der Waals surface area contributed by atoms with E-state index in [0.29, 0.717) is 37.7 Å². The first-order chi connectivity index (χ1) is 14.1. The first-order valence-electron chi connectivity index (χ1n) is 9.78. The minimum atomic E-state index is -0.293. The van der Waals surface area contributed by atoms with E-state index in [1.54, 1.807) is 24.3 Å². The number of amides is 1. The Morgan fingerprint density at radius 1 is 0.966 bits per heavy atom. The minimum Gasteiger partial charge on any atom is -0.494 e. The first-order valence-corrected chi connectivity index (χ1v) is 10.2. The van der Waals surface area contributed by atoms with Crippen molar-refractivity contribution in [2.45, 2.75) is 26.7 Å². The van der Waals surface area contributed by atoms with E-state index in [1.807, 2.05) is 31.2 Å². The highest BCUT2D eigenvalue weighted by molar-refractivity contribution is 7.80. The predicted octanol–water partition coefficient (Wildman–Crippen LogP) is 4.41. The molecule has 2 N–H and O–H groups in total. The number of rotatable bonds is 11. The molecule has 0 aliphatic rings. The van der Waals surface area contributed by atoms with E-state index in [9.17, 15) is 4.79 Å². The smallest absolute Gasteiger partial charge is 0.257 e. The number of carbonyl (C=O) groups is 1. The van der Waals surface area contributed by atoms with Crippen LogP contribution in [-0.2, 0) is 4.74 Å². The number of carbonyl (C=O) groups excluding carboxylic acids is 1. The van der Waals surface area contributed by atoms with Gasteiger partial charge in [0.15, 0.2) is 5.11 Å². The summed E-state index contributed by atoms with van der Waals surface area (Å²) in [4.78, 5) is 12.4. The van der Waals surface area contributed by atoms with Crippen LogP contribution in [0.15, 0.2) is 48.5 Å². The van der Waals surface area contributed by atoms with E-state index in [0.717, 1.165) is 24.3 Å². The first kappa shape index (κ1) is 22.6. The van der Waals surface area contributed by atoms with Crippen LogP contribution >= 0.6 is 12.2 Å². The third-order valence-corrected chi connectivity index (χ3v) is 4.11. The van der Waals surface area contributed by atoms with Crippen molar-refractivity contribution in [3.05, 3.63) is 54.1 Å². The van der Waals surface area contributed by atoms with E-state index >= 15 is 0 Å². The highest BCUT2D eigenvalue weighted by Crippen LogP contribution is 2.18. The molecule has 0 saturated heterocycles. The predicted molar refractivity (Wildman–Crippen MR) is 119 cm³/mol. The zero-order valence-corrected chi connectivity index (χ0v) is 17.7. The second-order valence-electron chi connectivity index (χ2n) is 6.21. The molecule has 0 heterocycles. The zero-order valence-electron chi connectivity index (χ0n) is 16.9. The van der Waals surface area contributed by atoms with Crippen LogP contribution in [0.5, 0.6) is 11.5 Å². The molecule has 2 aromatic carbocycles. The van der Waals surface area contributed by atoms with Crippen LogP contribution in [0.25, 0.3) is 0 Å². The highest BCUT2D eigenvalue weighted by Gasteiger charge is 2.09. The fraction of sp³-hybridized carbons (Fsp3) is 0.364. The lowest BCUT2D eigenvalue weighted by atomic mass is 10.2. The monoisotopic (exact) mass is 416 g/mol. The number of hydrogen-bond acceptors (Lipinski definition) is 5. The molecule has 2 rings (SSSR count). The normalized spacial score (nSPS) is 10.3. The van der Waals surface area contributed by atoms with Gasteiger partial charge >= 0.3 is 0 Å². The lowest BCUT2D eigenvalue weighted by Gasteiger charge is -2.12. The van der Waals surface area contributed by atoms with Crippen LogP contribution in [0.2, 0.25) is 0 Å². The molecule has 0 aliphatic carbocycles. The summed E-state index contributed by atoms with van der Waals surface area (Å²) < 4.78 is 16.4. The fourth-order valence-electron chi connectivity index (χ4n) is 2.40. The van der Waals surface area contributed by atoms with Gasteiger partial charge in [-0.3, -0.25) is 10.1 Å². The van der Waals surface area contributed by atoms with Gasteiger partial charge in [0.1, 0.15) is 18.1 Å². The average molecular weight is 417 g/mol. The van der Waals surface area contributed by atoms with Crippen LogP contribution in [0, 0.1) is 0 Å². The van der Waals surface area contributed by atoms with E-state index < -0.39 is 0 Å². The fourth-order valence-corrected chi connectivity index (χ4v) is 2.61. The van der Waals surface area contributed by atoms with Crippen molar-refractivity contribution < 1.29 is 19.0 Å². The Bertz CT molecular complexity index is 781. The molecule has 0 aliphatic heterocycles. The Labute approximate surface area is 177 Å². The van der Waals surface area contributed by atoms with Crippen molar-refractivity contribution in [1.29, 1.82) is 0 Å². The van der Waals surface area contributed by atoms with Gasteiger partial charge in [0.25, 0.3) is 5.91 Å². The number of nitrogens with one attached hydrogen (secondary N) is 2. The second-order valence-corrected chi connectivity index (χ2v) is 6.62. The van der Waals surface area contributed by atoms with Crippen LogP contribution in [0.3, 0.4) is 0 Å². The van der Waals surface area contributed by atoms with Gasteiger partial charge in [-0.15, -0.1) is 0 Å². The number of hydrogen-bond donors (Lipinski definition) is 2. The maximum atomic E-state index is 12.4. The molecular weight excluding hydrogens is 388 g/mol. The van der Waals surface area contributed by atoms with Gasteiger partial charge < -0.3 is 19.5 Å². The maximum absolute atomic E-state index is 12.4. The Morgan fingerprint density at radius 3 is 2.45 bits per heavy atom. The topological polar surface area (TPSA) is 68.8 Å². The standard InChI is InChI=1S/C22H28N2O4S/c1-3-5-13-27-20-8-6-7-18(16-20)23-22(29)24-21(25)17-9-11-19(12-10-17)28-15-14-26-4-2/h6-12,16H,3-5,13-15H2,1-2H3,(H2,23,24,25,29). The number of unbranched alkanes of at least 4 members (excludes halogenated alkanes) is 1. The maximum Gasteiger partial charge on any atom is 0.257 e. The molecule has 0 aromatic heterocycles. The van der Waals surface area contributed by atoms with Gasteiger partial charge in [0.2, 0.25) is 0 Å². The van der Waals surface area contributed by atoms with Gasteiger partial charge in [-0.25, -0.2) is 0 Å². The summed E-state index contributed by atoms with van der Waals surface area (Å²) in [6.45, 7) is 6.38. The molecule has 156 valence electrons. The van der Waals surface area contributed by atoms with Gasteiger partial charge in [-0.1, -0.05) is 19.4 Å².